The molecular weight excluding hydrogens is 262 g/mol. The van der Waals surface area contributed by atoms with Crippen LogP contribution < -0.4 is 5.32 Å². The van der Waals surface area contributed by atoms with Crippen LogP contribution in [0.5, 0.6) is 0 Å². The van der Waals surface area contributed by atoms with Crippen LogP contribution in [-0.2, 0) is 4.79 Å². The SMILES string of the molecule is Cc1ccc(Cl)c2ccc(NCC(=O)N(C)C)nc12. The van der Waals surface area contributed by atoms with E-state index < -0.39 is 0 Å². The highest BCUT2D eigenvalue weighted by atomic mass is 35.5. The summed E-state index contributed by atoms with van der Waals surface area (Å²) in [6, 6.07) is 7.55. The summed E-state index contributed by atoms with van der Waals surface area (Å²) < 4.78 is 0. The van der Waals surface area contributed by atoms with E-state index in [0.717, 1.165) is 16.5 Å². The minimum absolute atomic E-state index is 0.00436. The second-order valence-corrected chi connectivity index (χ2v) is 5.01. The standard InChI is InChI=1S/C14H16ClN3O/c1-9-4-6-11(15)10-5-7-12(17-14(9)10)16-8-13(19)18(2)3/h4-7H,8H2,1-3H3,(H,16,17). The molecule has 0 atom stereocenters. The lowest BCUT2D eigenvalue weighted by molar-refractivity contribution is -0.126. The second kappa shape index (κ2) is 5.45. The minimum atomic E-state index is 0.00436. The highest BCUT2D eigenvalue weighted by molar-refractivity contribution is 6.35. The Labute approximate surface area is 117 Å². The fraction of sp³-hybridized carbons (Fsp3) is 0.286. The van der Waals surface area contributed by atoms with Crippen LogP contribution in [0.2, 0.25) is 5.02 Å². The van der Waals surface area contributed by atoms with Gasteiger partial charge in [-0.05, 0) is 30.7 Å². The van der Waals surface area contributed by atoms with Crippen molar-refractivity contribution in [3.63, 3.8) is 0 Å². The largest absolute Gasteiger partial charge is 0.361 e. The molecule has 0 spiro atoms. The monoisotopic (exact) mass is 277 g/mol. The first kappa shape index (κ1) is 13.6. The van der Waals surface area contributed by atoms with Gasteiger partial charge in [0.2, 0.25) is 5.91 Å². The van der Waals surface area contributed by atoms with Crippen LogP contribution in [-0.4, -0.2) is 36.4 Å². The van der Waals surface area contributed by atoms with E-state index in [1.807, 2.05) is 31.2 Å². The third kappa shape index (κ3) is 2.96. The van der Waals surface area contributed by atoms with Crippen molar-refractivity contribution in [1.29, 1.82) is 0 Å². The van der Waals surface area contributed by atoms with Crippen LogP contribution >= 0.6 is 11.6 Å². The molecule has 5 heteroatoms. The smallest absolute Gasteiger partial charge is 0.241 e. The summed E-state index contributed by atoms with van der Waals surface area (Å²) in [6.07, 6.45) is 0. The second-order valence-electron chi connectivity index (χ2n) is 4.60. The van der Waals surface area contributed by atoms with Gasteiger partial charge in [-0.15, -0.1) is 0 Å². The van der Waals surface area contributed by atoms with Crippen molar-refractivity contribution < 1.29 is 4.79 Å². The van der Waals surface area contributed by atoms with Gasteiger partial charge in [-0.25, -0.2) is 4.98 Å². The molecule has 0 aliphatic rings. The molecule has 2 aromatic rings. The van der Waals surface area contributed by atoms with Crippen molar-refractivity contribution >= 4 is 34.2 Å². The lowest BCUT2D eigenvalue weighted by Crippen LogP contribution is -2.28. The van der Waals surface area contributed by atoms with E-state index in [4.69, 9.17) is 11.6 Å². The number of likely N-dealkylation sites (N-methyl/N-ethyl adjacent to an activating group) is 1. The number of aryl methyl sites for hydroxylation is 1. The number of amides is 1. The predicted octanol–water partition coefficient (Wildman–Crippen LogP) is 2.70. The Morgan fingerprint density at radius 2 is 2.05 bits per heavy atom. The van der Waals surface area contributed by atoms with E-state index in [9.17, 15) is 4.79 Å². The Hall–Kier alpha value is -1.81. The van der Waals surface area contributed by atoms with Crippen LogP contribution in [0.15, 0.2) is 24.3 Å². The number of benzene rings is 1. The topological polar surface area (TPSA) is 45.2 Å². The lowest BCUT2D eigenvalue weighted by atomic mass is 10.1. The van der Waals surface area contributed by atoms with Gasteiger partial charge in [-0.1, -0.05) is 17.7 Å². The molecule has 0 saturated heterocycles. The maximum absolute atomic E-state index is 11.5. The molecule has 1 N–H and O–H groups in total. The number of hydrogen-bond donors (Lipinski definition) is 1. The Morgan fingerprint density at radius 3 is 2.74 bits per heavy atom. The van der Waals surface area contributed by atoms with Crippen molar-refractivity contribution in [3.8, 4) is 0 Å². The van der Waals surface area contributed by atoms with Crippen LogP contribution in [0, 0.1) is 6.92 Å². The molecule has 1 aromatic carbocycles. The summed E-state index contributed by atoms with van der Waals surface area (Å²) in [5, 5.41) is 4.63. The average Bonchev–Trinajstić information content (AvgIpc) is 2.40. The van der Waals surface area contributed by atoms with Crippen LogP contribution in [0.4, 0.5) is 5.82 Å². The Bertz CT molecular complexity index is 625. The van der Waals surface area contributed by atoms with Crippen LogP contribution in [0.3, 0.4) is 0 Å². The van der Waals surface area contributed by atoms with Crippen LogP contribution in [0.25, 0.3) is 10.9 Å². The summed E-state index contributed by atoms with van der Waals surface area (Å²) in [7, 11) is 3.45. The third-order valence-corrected chi connectivity index (χ3v) is 3.25. The lowest BCUT2D eigenvalue weighted by Gasteiger charge is -2.12. The van der Waals surface area contributed by atoms with Gasteiger partial charge in [0.05, 0.1) is 12.1 Å². The number of fused-ring (bicyclic) bond motifs is 1. The molecule has 0 bridgehead atoms. The fourth-order valence-corrected chi connectivity index (χ4v) is 1.96. The highest BCUT2D eigenvalue weighted by Crippen LogP contribution is 2.26. The first-order valence-corrected chi connectivity index (χ1v) is 6.36. The molecule has 100 valence electrons. The van der Waals surface area contributed by atoms with Gasteiger partial charge in [-0.3, -0.25) is 4.79 Å². The Kier molecular flexibility index (Phi) is 3.90. The zero-order valence-electron chi connectivity index (χ0n) is 11.2. The van der Waals surface area contributed by atoms with Gasteiger partial charge in [0.15, 0.2) is 0 Å². The maximum Gasteiger partial charge on any atom is 0.241 e. The molecule has 0 unspecified atom stereocenters. The number of nitrogens with one attached hydrogen (secondary N) is 1. The molecule has 0 radical (unpaired) electrons. The van der Waals surface area contributed by atoms with Gasteiger partial charge < -0.3 is 10.2 Å². The molecule has 1 heterocycles. The summed E-state index contributed by atoms with van der Waals surface area (Å²) in [5.41, 5.74) is 1.91. The molecule has 1 aromatic heterocycles. The average molecular weight is 278 g/mol. The maximum atomic E-state index is 11.5. The van der Waals surface area contributed by atoms with E-state index >= 15 is 0 Å². The number of carbonyl (C=O) groups excluding carboxylic acids is 1. The van der Waals surface area contributed by atoms with Gasteiger partial charge in [0, 0.05) is 24.5 Å². The first-order chi connectivity index (χ1) is 8.99. The summed E-state index contributed by atoms with van der Waals surface area (Å²) in [5.74, 6) is 0.678. The highest BCUT2D eigenvalue weighted by Gasteiger charge is 2.07. The molecule has 1 amide bonds. The van der Waals surface area contributed by atoms with Crippen molar-refractivity contribution in [3.05, 3.63) is 34.9 Å². The number of halogens is 1. The molecular formula is C14H16ClN3O. The third-order valence-electron chi connectivity index (χ3n) is 2.93. The van der Waals surface area contributed by atoms with E-state index in [0.29, 0.717) is 10.8 Å². The summed E-state index contributed by atoms with van der Waals surface area (Å²) in [4.78, 5) is 17.6. The number of rotatable bonds is 3. The van der Waals surface area contributed by atoms with E-state index in [-0.39, 0.29) is 12.5 Å². The molecule has 0 aliphatic heterocycles. The van der Waals surface area contributed by atoms with Crippen molar-refractivity contribution in [2.75, 3.05) is 26.0 Å². The zero-order valence-corrected chi connectivity index (χ0v) is 12.0. The van der Waals surface area contributed by atoms with E-state index in [1.165, 1.54) is 4.90 Å². The zero-order chi connectivity index (χ0) is 14.0. The normalized spacial score (nSPS) is 10.5. The Morgan fingerprint density at radius 1 is 1.32 bits per heavy atom. The van der Waals surface area contributed by atoms with Crippen molar-refractivity contribution in [2.24, 2.45) is 0 Å². The molecule has 0 fully saturated rings. The molecule has 0 aliphatic carbocycles. The number of anilines is 1. The number of nitrogens with zero attached hydrogens (tertiary/aromatic N) is 2. The summed E-state index contributed by atoms with van der Waals surface area (Å²) >= 11 is 6.13. The number of pyridine rings is 1. The van der Waals surface area contributed by atoms with Gasteiger partial charge in [-0.2, -0.15) is 0 Å². The van der Waals surface area contributed by atoms with Crippen LogP contribution in [0.1, 0.15) is 5.56 Å². The van der Waals surface area contributed by atoms with E-state index in [2.05, 4.69) is 10.3 Å². The molecule has 19 heavy (non-hydrogen) atoms. The van der Waals surface area contributed by atoms with Gasteiger partial charge >= 0.3 is 0 Å². The van der Waals surface area contributed by atoms with Crippen molar-refractivity contribution in [2.45, 2.75) is 6.92 Å². The summed E-state index contributed by atoms with van der Waals surface area (Å²) in [6.45, 7) is 2.21. The fourth-order valence-electron chi connectivity index (χ4n) is 1.74. The minimum Gasteiger partial charge on any atom is -0.361 e. The van der Waals surface area contributed by atoms with Crippen molar-refractivity contribution in [1.82, 2.24) is 9.88 Å². The predicted molar refractivity (Wildman–Crippen MR) is 78.7 cm³/mol. The first-order valence-electron chi connectivity index (χ1n) is 5.99. The molecule has 4 nitrogen and oxygen atoms in total. The molecule has 0 saturated carbocycles. The Balaban J connectivity index is 2.27. The van der Waals surface area contributed by atoms with E-state index in [1.54, 1.807) is 14.1 Å². The number of hydrogen-bond acceptors (Lipinski definition) is 3. The van der Waals surface area contributed by atoms with Gasteiger partial charge in [0.1, 0.15) is 5.82 Å². The molecule has 2 rings (SSSR count). The quantitative estimate of drug-likeness (QED) is 0.938. The number of carbonyl (C=O) groups is 1. The number of aromatic nitrogens is 1. The van der Waals surface area contributed by atoms with Gasteiger partial charge in [0.25, 0.3) is 0 Å².